The maximum absolute atomic E-state index is 5.38. The standard InChI is InChI=1S/C48H30N4/c1-3-14-32(15-4-1)47-49-46-36-18-8-7-13-31(36)23-27-40(46)48(50-47)52-43-22-12-9-19-37(43)39-26-24-34(30-45(39)52)33-25-28-44-41(29-33)38-20-10-11-21-42(38)51(44)35-16-5-2-6-17-35/h1-30H. The summed E-state index contributed by atoms with van der Waals surface area (Å²) in [5.41, 5.74) is 10.0. The quantitative estimate of drug-likeness (QED) is 0.176. The number of para-hydroxylation sites is 3. The lowest BCUT2D eigenvalue weighted by atomic mass is 10.0. The molecule has 0 bridgehead atoms. The van der Waals surface area contributed by atoms with E-state index in [1.165, 1.54) is 38.1 Å². The maximum Gasteiger partial charge on any atom is 0.162 e. The number of fused-ring (bicyclic) bond motifs is 9. The molecule has 3 heterocycles. The molecule has 0 unspecified atom stereocenters. The van der Waals surface area contributed by atoms with E-state index < -0.39 is 0 Å². The molecular weight excluding hydrogens is 633 g/mol. The largest absolute Gasteiger partial charge is 0.309 e. The Morgan fingerprint density at radius 2 is 0.904 bits per heavy atom. The zero-order valence-electron chi connectivity index (χ0n) is 28.1. The number of rotatable bonds is 4. The summed E-state index contributed by atoms with van der Waals surface area (Å²) in [4.78, 5) is 10.6. The normalized spacial score (nSPS) is 11.8. The summed E-state index contributed by atoms with van der Waals surface area (Å²) >= 11 is 0. The lowest BCUT2D eigenvalue weighted by Crippen LogP contribution is -2.03. The number of aromatic nitrogens is 4. The number of benzene rings is 8. The Labute approximate surface area is 299 Å². The topological polar surface area (TPSA) is 35.6 Å². The minimum absolute atomic E-state index is 0.710. The van der Waals surface area contributed by atoms with Crippen molar-refractivity contribution in [2.45, 2.75) is 0 Å². The van der Waals surface area contributed by atoms with E-state index in [0.29, 0.717) is 5.82 Å². The predicted octanol–water partition coefficient (Wildman–Crippen LogP) is 12.3. The third kappa shape index (κ3) is 4.28. The third-order valence-electron chi connectivity index (χ3n) is 10.5. The van der Waals surface area contributed by atoms with Crippen molar-refractivity contribution < 1.29 is 0 Å². The Morgan fingerprint density at radius 1 is 0.327 bits per heavy atom. The molecule has 0 atom stereocenters. The van der Waals surface area contributed by atoms with Crippen LogP contribution >= 0.6 is 0 Å². The van der Waals surface area contributed by atoms with Crippen molar-refractivity contribution in [3.05, 3.63) is 182 Å². The molecule has 0 aliphatic heterocycles. The first-order valence-corrected chi connectivity index (χ1v) is 17.7. The van der Waals surface area contributed by atoms with E-state index in [0.717, 1.165) is 55.3 Å². The van der Waals surface area contributed by atoms with Gasteiger partial charge in [-0.1, -0.05) is 133 Å². The molecule has 0 fully saturated rings. The van der Waals surface area contributed by atoms with Gasteiger partial charge in [-0.3, -0.25) is 4.57 Å². The monoisotopic (exact) mass is 662 g/mol. The Hall–Kier alpha value is -7.04. The van der Waals surface area contributed by atoms with Gasteiger partial charge in [0.25, 0.3) is 0 Å². The van der Waals surface area contributed by atoms with Crippen molar-refractivity contribution in [2.24, 2.45) is 0 Å². The molecule has 0 aliphatic carbocycles. The Morgan fingerprint density at radius 3 is 1.71 bits per heavy atom. The highest BCUT2D eigenvalue weighted by Crippen LogP contribution is 2.40. The van der Waals surface area contributed by atoms with Crippen LogP contribution in [0.1, 0.15) is 0 Å². The number of nitrogens with zero attached hydrogens (tertiary/aromatic N) is 4. The predicted molar refractivity (Wildman–Crippen MR) is 217 cm³/mol. The van der Waals surface area contributed by atoms with Crippen molar-refractivity contribution >= 4 is 65.3 Å². The molecule has 8 aromatic carbocycles. The van der Waals surface area contributed by atoms with Gasteiger partial charge in [0.15, 0.2) is 5.82 Å². The third-order valence-corrected chi connectivity index (χ3v) is 10.5. The SMILES string of the molecule is c1ccc(-c2nc(-n3c4ccccc4c4ccc(-c5ccc6c(c5)c5ccccc5n6-c5ccccc5)cc43)c3ccc4ccccc4c3n2)cc1. The van der Waals surface area contributed by atoms with E-state index in [4.69, 9.17) is 9.97 Å². The summed E-state index contributed by atoms with van der Waals surface area (Å²) in [6.45, 7) is 0. The van der Waals surface area contributed by atoms with Crippen molar-refractivity contribution in [1.82, 2.24) is 19.1 Å². The lowest BCUT2D eigenvalue weighted by molar-refractivity contribution is 1.08. The average Bonchev–Trinajstić information content (AvgIpc) is 3.73. The maximum atomic E-state index is 5.38. The van der Waals surface area contributed by atoms with E-state index in [9.17, 15) is 0 Å². The van der Waals surface area contributed by atoms with Crippen LogP contribution in [0.4, 0.5) is 0 Å². The van der Waals surface area contributed by atoms with Crippen LogP contribution < -0.4 is 0 Å². The van der Waals surface area contributed by atoms with E-state index in [-0.39, 0.29) is 0 Å². The molecule has 0 N–H and O–H groups in total. The average molecular weight is 663 g/mol. The molecule has 4 nitrogen and oxygen atoms in total. The molecular formula is C48H30N4. The first-order chi connectivity index (χ1) is 25.8. The smallest absolute Gasteiger partial charge is 0.162 e. The zero-order chi connectivity index (χ0) is 34.2. The van der Waals surface area contributed by atoms with Gasteiger partial charge in [-0.15, -0.1) is 0 Å². The van der Waals surface area contributed by atoms with Crippen molar-refractivity contribution in [1.29, 1.82) is 0 Å². The fourth-order valence-corrected chi connectivity index (χ4v) is 8.12. The van der Waals surface area contributed by atoms with Gasteiger partial charge in [0.2, 0.25) is 0 Å². The molecule has 52 heavy (non-hydrogen) atoms. The van der Waals surface area contributed by atoms with Gasteiger partial charge < -0.3 is 4.57 Å². The van der Waals surface area contributed by atoms with E-state index in [2.05, 4.69) is 173 Å². The van der Waals surface area contributed by atoms with Crippen molar-refractivity contribution in [3.63, 3.8) is 0 Å². The summed E-state index contributed by atoms with van der Waals surface area (Å²) in [5.74, 6) is 1.58. The minimum atomic E-state index is 0.710. The Bertz CT molecular complexity index is 3170. The second-order valence-electron chi connectivity index (χ2n) is 13.4. The summed E-state index contributed by atoms with van der Waals surface area (Å²) in [6.07, 6.45) is 0. The minimum Gasteiger partial charge on any atom is -0.309 e. The van der Waals surface area contributed by atoms with E-state index in [1.807, 2.05) is 18.2 Å². The van der Waals surface area contributed by atoms with Crippen LogP contribution in [0.25, 0.3) is 99.3 Å². The number of hydrogen-bond donors (Lipinski definition) is 0. The molecule has 11 rings (SSSR count). The second-order valence-corrected chi connectivity index (χ2v) is 13.4. The van der Waals surface area contributed by atoms with Crippen molar-refractivity contribution in [3.8, 4) is 34.0 Å². The van der Waals surface area contributed by atoms with Gasteiger partial charge in [0, 0.05) is 43.6 Å². The summed E-state index contributed by atoms with van der Waals surface area (Å²) in [6, 6.07) is 64.9. The van der Waals surface area contributed by atoms with Gasteiger partial charge in [-0.2, -0.15) is 0 Å². The molecule has 0 aliphatic rings. The second kappa shape index (κ2) is 11.2. The van der Waals surface area contributed by atoms with Crippen molar-refractivity contribution in [2.75, 3.05) is 0 Å². The van der Waals surface area contributed by atoms with Gasteiger partial charge in [0.05, 0.1) is 27.6 Å². The molecule has 0 amide bonds. The highest BCUT2D eigenvalue weighted by Gasteiger charge is 2.20. The summed E-state index contributed by atoms with van der Waals surface area (Å²) in [5, 5.41) is 8.15. The van der Waals surface area contributed by atoms with Crippen LogP contribution in [0, 0.1) is 0 Å². The molecule has 0 saturated heterocycles. The molecule has 0 saturated carbocycles. The van der Waals surface area contributed by atoms with E-state index >= 15 is 0 Å². The van der Waals surface area contributed by atoms with Gasteiger partial charge in [0.1, 0.15) is 5.82 Å². The van der Waals surface area contributed by atoms with Crippen LogP contribution in [-0.2, 0) is 0 Å². The van der Waals surface area contributed by atoms with Gasteiger partial charge >= 0.3 is 0 Å². The molecule has 4 heteroatoms. The Kier molecular flexibility index (Phi) is 6.22. The Balaban J connectivity index is 1.19. The highest BCUT2D eigenvalue weighted by atomic mass is 15.1. The highest BCUT2D eigenvalue weighted by molar-refractivity contribution is 6.14. The van der Waals surface area contributed by atoms with Crippen LogP contribution in [0.2, 0.25) is 0 Å². The first-order valence-electron chi connectivity index (χ1n) is 17.7. The molecule has 0 spiro atoms. The van der Waals surface area contributed by atoms with E-state index in [1.54, 1.807) is 0 Å². The molecule has 11 aromatic rings. The first kappa shape index (κ1) is 28.8. The van der Waals surface area contributed by atoms with Crippen LogP contribution in [0.3, 0.4) is 0 Å². The summed E-state index contributed by atoms with van der Waals surface area (Å²) < 4.78 is 4.71. The lowest BCUT2D eigenvalue weighted by Gasteiger charge is -2.14. The van der Waals surface area contributed by atoms with Crippen LogP contribution in [-0.4, -0.2) is 19.1 Å². The molecule has 0 radical (unpaired) electrons. The van der Waals surface area contributed by atoms with Gasteiger partial charge in [-0.05, 0) is 65.0 Å². The zero-order valence-corrected chi connectivity index (χ0v) is 28.1. The van der Waals surface area contributed by atoms with Crippen LogP contribution in [0.15, 0.2) is 182 Å². The fraction of sp³-hybridized carbons (Fsp3) is 0. The fourth-order valence-electron chi connectivity index (χ4n) is 8.12. The summed E-state index contributed by atoms with van der Waals surface area (Å²) in [7, 11) is 0. The van der Waals surface area contributed by atoms with Crippen LogP contribution in [0.5, 0.6) is 0 Å². The molecule has 3 aromatic heterocycles. The molecule has 242 valence electrons. The van der Waals surface area contributed by atoms with Gasteiger partial charge in [-0.25, -0.2) is 9.97 Å². The number of hydrogen-bond acceptors (Lipinski definition) is 2.